The number of ketones is 1. The zero-order chi connectivity index (χ0) is 13.7. The summed E-state index contributed by atoms with van der Waals surface area (Å²) < 4.78 is 5.02. The van der Waals surface area contributed by atoms with Gasteiger partial charge in [-0.05, 0) is 49.9 Å². The number of benzene rings is 1. The molecule has 104 valence electrons. The summed E-state index contributed by atoms with van der Waals surface area (Å²) in [5.74, 6) is 0.217. The van der Waals surface area contributed by atoms with Crippen molar-refractivity contribution in [3.63, 3.8) is 0 Å². The molecule has 1 aliphatic rings. The van der Waals surface area contributed by atoms with Crippen LogP contribution in [0, 0.1) is 0 Å². The van der Waals surface area contributed by atoms with Crippen LogP contribution in [-0.4, -0.2) is 44.5 Å². The van der Waals surface area contributed by atoms with Crippen LogP contribution in [0.2, 0.25) is 0 Å². The Labute approximate surface area is 115 Å². The standard InChI is InChI=1S/C16H23NO2/c1-17(9-4-10-19-2)12-16(18)15-8-7-13-5-3-6-14(13)11-15/h7-8,11H,3-6,9-10,12H2,1-2H3. The maximum atomic E-state index is 12.2. The molecule has 0 bridgehead atoms. The number of rotatable bonds is 7. The largest absolute Gasteiger partial charge is 0.385 e. The minimum atomic E-state index is 0.217. The highest BCUT2D eigenvalue weighted by Crippen LogP contribution is 2.23. The second-order valence-corrected chi connectivity index (χ2v) is 5.34. The second-order valence-electron chi connectivity index (χ2n) is 5.34. The number of hydrogen-bond acceptors (Lipinski definition) is 3. The third-order valence-corrected chi connectivity index (χ3v) is 3.72. The molecule has 0 saturated heterocycles. The van der Waals surface area contributed by atoms with E-state index >= 15 is 0 Å². The Kier molecular flexibility index (Phi) is 5.11. The van der Waals surface area contributed by atoms with Gasteiger partial charge in [0.2, 0.25) is 0 Å². The van der Waals surface area contributed by atoms with Crippen LogP contribution in [-0.2, 0) is 17.6 Å². The lowest BCUT2D eigenvalue weighted by molar-refractivity contribution is 0.0938. The van der Waals surface area contributed by atoms with Crippen LogP contribution in [0.5, 0.6) is 0 Å². The summed E-state index contributed by atoms with van der Waals surface area (Å²) in [6.45, 7) is 2.13. The van der Waals surface area contributed by atoms with Crippen LogP contribution in [0.4, 0.5) is 0 Å². The molecule has 0 radical (unpaired) electrons. The number of likely N-dealkylation sites (N-methyl/N-ethyl adjacent to an activating group) is 1. The molecule has 19 heavy (non-hydrogen) atoms. The van der Waals surface area contributed by atoms with Gasteiger partial charge in [0.25, 0.3) is 0 Å². The van der Waals surface area contributed by atoms with Crippen molar-refractivity contribution in [2.24, 2.45) is 0 Å². The third kappa shape index (κ3) is 3.88. The molecule has 0 aromatic heterocycles. The first-order chi connectivity index (χ1) is 9.20. The highest BCUT2D eigenvalue weighted by Gasteiger charge is 2.14. The number of hydrogen-bond donors (Lipinski definition) is 0. The van der Waals surface area contributed by atoms with E-state index in [9.17, 15) is 4.79 Å². The summed E-state index contributed by atoms with van der Waals surface area (Å²) in [7, 11) is 3.69. The van der Waals surface area contributed by atoms with Crippen molar-refractivity contribution < 1.29 is 9.53 Å². The van der Waals surface area contributed by atoms with Gasteiger partial charge in [0.15, 0.2) is 5.78 Å². The fourth-order valence-electron chi connectivity index (χ4n) is 2.64. The number of carbonyl (C=O) groups excluding carboxylic acids is 1. The lowest BCUT2D eigenvalue weighted by atomic mass is 10.0. The zero-order valence-electron chi connectivity index (χ0n) is 11.9. The number of carbonyl (C=O) groups is 1. The summed E-state index contributed by atoms with van der Waals surface area (Å²) in [4.78, 5) is 14.3. The number of methoxy groups -OCH3 is 1. The van der Waals surface area contributed by atoms with Gasteiger partial charge in [-0.15, -0.1) is 0 Å². The molecule has 0 N–H and O–H groups in total. The predicted octanol–water partition coefficient (Wildman–Crippen LogP) is 2.33. The van der Waals surface area contributed by atoms with Gasteiger partial charge in [0, 0.05) is 25.8 Å². The Balaban J connectivity index is 1.89. The zero-order valence-corrected chi connectivity index (χ0v) is 11.9. The van der Waals surface area contributed by atoms with Gasteiger partial charge in [0.05, 0.1) is 6.54 Å². The third-order valence-electron chi connectivity index (χ3n) is 3.72. The molecule has 2 rings (SSSR count). The van der Waals surface area contributed by atoms with Crippen molar-refractivity contribution >= 4 is 5.78 Å². The van der Waals surface area contributed by atoms with Gasteiger partial charge in [-0.1, -0.05) is 12.1 Å². The average molecular weight is 261 g/mol. The van der Waals surface area contributed by atoms with Crippen LogP contribution in [0.3, 0.4) is 0 Å². The van der Waals surface area contributed by atoms with E-state index in [0.717, 1.165) is 31.6 Å². The summed E-state index contributed by atoms with van der Waals surface area (Å²) in [6.07, 6.45) is 4.48. The van der Waals surface area contributed by atoms with Crippen LogP contribution >= 0.6 is 0 Å². The van der Waals surface area contributed by atoms with Gasteiger partial charge in [0.1, 0.15) is 0 Å². The monoisotopic (exact) mass is 261 g/mol. The topological polar surface area (TPSA) is 29.5 Å². The van der Waals surface area contributed by atoms with Crippen molar-refractivity contribution in [1.82, 2.24) is 4.90 Å². The first kappa shape index (κ1) is 14.2. The van der Waals surface area contributed by atoms with Crippen LogP contribution in [0.25, 0.3) is 0 Å². The summed E-state index contributed by atoms with van der Waals surface area (Å²) in [5, 5.41) is 0. The fourth-order valence-corrected chi connectivity index (χ4v) is 2.64. The highest BCUT2D eigenvalue weighted by molar-refractivity contribution is 5.97. The van der Waals surface area contributed by atoms with E-state index in [-0.39, 0.29) is 5.78 Å². The average Bonchev–Trinajstić information content (AvgIpc) is 2.86. The first-order valence-electron chi connectivity index (χ1n) is 7.03. The van der Waals surface area contributed by atoms with Crippen LogP contribution in [0.1, 0.15) is 34.3 Å². The van der Waals surface area contributed by atoms with E-state index in [1.165, 1.54) is 24.0 Å². The van der Waals surface area contributed by atoms with E-state index in [0.29, 0.717) is 6.54 Å². The SMILES string of the molecule is COCCCN(C)CC(=O)c1ccc2c(c1)CCC2. The molecule has 1 aromatic carbocycles. The highest BCUT2D eigenvalue weighted by atomic mass is 16.5. The van der Waals surface area contributed by atoms with Crippen LogP contribution < -0.4 is 0 Å². The maximum absolute atomic E-state index is 12.2. The molecular formula is C16H23NO2. The maximum Gasteiger partial charge on any atom is 0.176 e. The molecule has 0 fully saturated rings. The van der Waals surface area contributed by atoms with Crippen LogP contribution in [0.15, 0.2) is 18.2 Å². The Morgan fingerprint density at radius 2 is 2.11 bits per heavy atom. The minimum Gasteiger partial charge on any atom is -0.385 e. The van der Waals surface area contributed by atoms with Gasteiger partial charge in [-0.25, -0.2) is 0 Å². The normalized spacial score (nSPS) is 13.8. The van der Waals surface area contributed by atoms with Crippen molar-refractivity contribution in [3.05, 3.63) is 34.9 Å². The quantitative estimate of drug-likeness (QED) is 0.557. The van der Waals surface area contributed by atoms with E-state index in [1.54, 1.807) is 7.11 Å². The van der Waals surface area contributed by atoms with E-state index < -0.39 is 0 Å². The molecule has 0 spiro atoms. The minimum absolute atomic E-state index is 0.217. The van der Waals surface area contributed by atoms with Crippen molar-refractivity contribution in [2.45, 2.75) is 25.7 Å². The molecule has 0 unspecified atom stereocenters. The van der Waals surface area contributed by atoms with Gasteiger partial charge in [-0.3, -0.25) is 9.69 Å². The summed E-state index contributed by atoms with van der Waals surface area (Å²) in [5.41, 5.74) is 3.65. The second kappa shape index (κ2) is 6.83. The van der Waals surface area contributed by atoms with E-state index in [1.807, 2.05) is 13.1 Å². The van der Waals surface area contributed by atoms with Gasteiger partial charge in [-0.2, -0.15) is 0 Å². The lowest BCUT2D eigenvalue weighted by Crippen LogP contribution is -2.27. The molecular weight excluding hydrogens is 238 g/mol. The Morgan fingerprint density at radius 3 is 2.89 bits per heavy atom. The molecule has 0 saturated carbocycles. The van der Waals surface area contributed by atoms with Crippen molar-refractivity contribution in [3.8, 4) is 0 Å². The molecule has 1 aliphatic carbocycles. The Bertz CT molecular complexity index is 442. The molecule has 3 heteroatoms. The lowest BCUT2D eigenvalue weighted by Gasteiger charge is -2.15. The fraction of sp³-hybridized carbons (Fsp3) is 0.562. The summed E-state index contributed by atoms with van der Waals surface area (Å²) >= 11 is 0. The number of Topliss-reactive ketones (excluding diaryl/α,β-unsaturated/α-hetero) is 1. The summed E-state index contributed by atoms with van der Waals surface area (Å²) in [6, 6.07) is 6.20. The van der Waals surface area contributed by atoms with Crippen molar-refractivity contribution in [2.75, 3.05) is 33.9 Å². The number of nitrogens with zero attached hydrogens (tertiary/aromatic N) is 1. The molecule has 0 heterocycles. The van der Waals surface area contributed by atoms with Gasteiger partial charge >= 0.3 is 0 Å². The van der Waals surface area contributed by atoms with Crippen molar-refractivity contribution in [1.29, 1.82) is 0 Å². The number of aryl methyl sites for hydroxylation is 2. The smallest absolute Gasteiger partial charge is 0.176 e. The number of fused-ring (bicyclic) bond motifs is 1. The first-order valence-corrected chi connectivity index (χ1v) is 7.03. The molecule has 0 aliphatic heterocycles. The van der Waals surface area contributed by atoms with E-state index in [4.69, 9.17) is 4.74 Å². The molecule has 0 amide bonds. The molecule has 0 atom stereocenters. The van der Waals surface area contributed by atoms with Gasteiger partial charge < -0.3 is 4.74 Å². The Hall–Kier alpha value is -1.19. The number of ether oxygens (including phenoxy) is 1. The Morgan fingerprint density at radius 1 is 1.32 bits per heavy atom. The molecule has 1 aromatic rings. The predicted molar refractivity (Wildman–Crippen MR) is 76.8 cm³/mol. The van der Waals surface area contributed by atoms with E-state index in [2.05, 4.69) is 17.0 Å². The molecule has 3 nitrogen and oxygen atoms in total.